The number of phenolic OH excluding ortho intramolecular Hbond substituents is 1. The number of benzene rings is 1. The zero-order chi connectivity index (χ0) is 25.0. The lowest BCUT2D eigenvalue weighted by Crippen LogP contribution is -2.40. The molecule has 4 atom stereocenters. The second-order valence-electron chi connectivity index (χ2n) is 8.59. The smallest absolute Gasteiger partial charge is 0.423 e. The van der Waals surface area contributed by atoms with E-state index in [0.29, 0.717) is 34.5 Å². The molecule has 2 aliphatic rings. The van der Waals surface area contributed by atoms with Gasteiger partial charge in [-0.3, -0.25) is 9.59 Å². The maximum absolute atomic E-state index is 12.9. The van der Waals surface area contributed by atoms with Crippen LogP contribution in [0.15, 0.2) is 41.0 Å². The number of ether oxygens (including phenoxy) is 1. The number of rotatable bonds is 8. The van der Waals surface area contributed by atoms with E-state index < -0.39 is 55.0 Å². The molecule has 34 heavy (non-hydrogen) atoms. The van der Waals surface area contributed by atoms with Crippen molar-refractivity contribution in [1.82, 2.24) is 4.90 Å². The molecule has 3 amide bonds. The zero-order valence-corrected chi connectivity index (χ0v) is 19.3. The molecule has 4 N–H and O–H groups in total. The molecule has 1 heterocycles. The number of imide groups is 3. The minimum absolute atomic E-state index is 0.0104. The molecule has 0 unspecified atom stereocenters. The molecule has 1 aliphatic heterocycles. The first-order valence-electron chi connectivity index (χ1n) is 11.3. The molecule has 1 aliphatic carbocycles. The highest BCUT2D eigenvalue weighted by Crippen LogP contribution is 2.46. The fourth-order valence-electron chi connectivity index (χ4n) is 5.03. The SMILES string of the molecule is CC/C(=C\c1ccccc1O)CC[C@@H](O)C1=C(CO)C[C@H]2C(=O)N(C(=O)OC)C(=O)[C@H]2[C@H]1CO. The van der Waals surface area contributed by atoms with Crippen LogP contribution in [0, 0.1) is 17.8 Å². The summed E-state index contributed by atoms with van der Waals surface area (Å²) in [4.78, 5) is 38.1. The number of methoxy groups -OCH3 is 1. The van der Waals surface area contributed by atoms with Crippen LogP contribution in [0.25, 0.3) is 6.08 Å². The molecule has 9 heteroatoms. The highest BCUT2D eigenvalue weighted by Gasteiger charge is 2.57. The first kappa shape index (κ1) is 25.6. The third kappa shape index (κ3) is 4.77. The Kier molecular flexibility index (Phi) is 8.24. The number of allylic oxidation sites excluding steroid dienone is 1. The number of carbonyl (C=O) groups is 3. The van der Waals surface area contributed by atoms with Crippen LogP contribution in [0.1, 0.15) is 38.2 Å². The van der Waals surface area contributed by atoms with Gasteiger partial charge in [0.15, 0.2) is 0 Å². The first-order valence-corrected chi connectivity index (χ1v) is 11.3. The molecule has 3 rings (SSSR count). The predicted octanol–water partition coefficient (Wildman–Crippen LogP) is 2.00. The van der Waals surface area contributed by atoms with E-state index in [1.165, 1.54) is 0 Å². The van der Waals surface area contributed by atoms with Gasteiger partial charge in [0.2, 0.25) is 11.8 Å². The minimum Gasteiger partial charge on any atom is -0.507 e. The number of hydrogen-bond donors (Lipinski definition) is 4. The Balaban J connectivity index is 1.85. The lowest BCUT2D eigenvalue weighted by Gasteiger charge is -2.36. The van der Waals surface area contributed by atoms with E-state index in [4.69, 9.17) is 0 Å². The summed E-state index contributed by atoms with van der Waals surface area (Å²) in [6.07, 6.45) is 1.12. The summed E-state index contributed by atoms with van der Waals surface area (Å²) in [5.41, 5.74) is 2.38. The van der Waals surface area contributed by atoms with Crippen molar-refractivity contribution >= 4 is 24.0 Å². The van der Waals surface area contributed by atoms with Crippen LogP contribution in [-0.4, -0.2) is 69.7 Å². The maximum atomic E-state index is 12.9. The Bertz CT molecular complexity index is 1010. The summed E-state index contributed by atoms with van der Waals surface area (Å²) in [5, 5.41) is 41.2. The van der Waals surface area contributed by atoms with Gasteiger partial charge in [-0.25, -0.2) is 4.79 Å². The highest BCUT2D eigenvalue weighted by molar-refractivity contribution is 6.16. The molecule has 0 spiro atoms. The average Bonchev–Trinajstić information content (AvgIpc) is 3.10. The van der Waals surface area contributed by atoms with Crippen LogP contribution in [0.3, 0.4) is 0 Å². The third-order valence-corrected chi connectivity index (χ3v) is 6.78. The lowest BCUT2D eigenvalue weighted by atomic mass is 9.68. The van der Waals surface area contributed by atoms with E-state index in [0.717, 1.165) is 12.7 Å². The molecule has 0 bridgehead atoms. The summed E-state index contributed by atoms with van der Waals surface area (Å²) in [5.74, 6) is -4.17. The van der Waals surface area contributed by atoms with Gasteiger partial charge in [0.05, 0.1) is 38.3 Å². The van der Waals surface area contributed by atoms with Gasteiger partial charge < -0.3 is 25.2 Å². The number of likely N-dealkylation sites (tertiary alicyclic amines) is 1. The van der Waals surface area contributed by atoms with E-state index >= 15 is 0 Å². The fourth-order valence-corrected chi connectivity index (χ4v) is 5.03. The number of aliphatic hydroxyl groups excluding tert-OH is 3. The van der Waals surface area contributed by atoms with Gasteiger partial charge in [0.1, 0.15) is 5.75 Å². The summed E-state index contributed by atoms with van der Waals surface area (Å²) in [7, 11) is 1.06. The van der Waals surface area contributed by atoms with Gasteiger partial charge in [-0.05, 0) is 42.9 Å². The zero-order valence-electron chi connectivity index (χ0n) is 19.3. The van der Waals surface area contributed by atoms with Gasteiger partial charge >= 0.3 is 6.09 Å². The van der Waals surface area contributed by atoms with Crippen molar-refractivity contribution in [1.29, 1.82) is 0 Å². The molecule has 9 nitrogen and oxygen atoms in total. The molecule has 1 saturated heterocycles. The van der Waals surface area contributed by atoms with Crippen LogP contribution in [0.2, 0.25) is 0 Å². The molecule has 0 aromatic heterocycles. The lowest BCUT2D eigenvalue weighted by molar-refractivity contribution is -0.137. The Labute approximate surface area is 198 Å². The van der Waals surface area contributed by atoms with Crippen molar-refractivity contribution in [3.63, 3.8) is 0 Å². The number of aromatic hydroxyl groups is 1. The monoisotopic (exact) mass is 473 g/mol. The number of amides is 3. The van der Waals surface area contributed by atoms with Crippen molar-refractivity contribution in [2.24, 2.45) is 17.8 Å². The molecule has 1 aromatic carbocycles. The van der Waals surface area contributed by atoms with Crippen molar-refractivity contribution < 1.29 is 39.5 Å². The molecule has 184 valence electrons. The van der Waals surface area contributed by atoms with Gasteiger partial charge in [-0.2, -0.15) is 4.90 Å². The van der Waals surface area contributed by atoms with Crippen molar-refractivity contribution in [2.45, 2.75) is 38.7 Å². The van der Waals surface area contributed by atoms with E-state index in [1.807, 2.05) is 19.1 Å². The van der Waals surface area contributed by atoms with E-state index in [9.17, 15) is 34.8 Å². The molecular formula is C25H31NO8. The second-order valence-corrected chi connectivity index (χ2v) is 8.59. The number of fused-ring (bicyclic) bond motifs is 1. The largest absolute Gasteiger partial charge is 0.507 e. The fraction of sp³-hybridized carbons (Fsp3) is 0.480. The summed E-state index contributed by atoms with van der Waals surface area (Å²) in [6, 6.07) is 6.92. The van der Waals surface area contributed by atoms with E-state index in [1.54, 1.807) is 18.2 Å². The van der Waals surface area contributed by atoms with Crippen molar-refractivity contribution in [3.8, 4) is 5.75 Å². The van der Waals surface area contributed by atoms with Gasteiger partial charge in [-0.15, -0.1) is 0 Å². The number of hydrogen-bond acceptors (Lipinski definition) is 8. The quantitative estimate of drug-likeness (QED) is 0.331. The minimum atomic E-state index is -1.09. The molecular weight excluding hydrogens is 442 g/mol. The van der Waals surface area contributed by atoms with Gasteiger partial charge in [-0.1, -0.05) is 36.8 Å². The molecule has 1 aromatic rings. The predicted molar refractivity (Wildman–Crippen MR) is 122 cm³/mol. The number of aliphatic hydroxyl groups is 3. The Morgan fingerprint density at radius 2 is 1.94 bits per heavy atom. The highest BCUT2D eigenvalue weighted by atomic mass is 16.5. The van der Waals surface area contributed by atoms with Crippen molar-refractivity contribution in [3.05, 3.63) is 46.5 Å². The standard InChI is InChI=1S/C25H31NO8/c1-3-14(10-15-6-4-5-7-19(15)29)8-9-20(30)21-16(12-27)11-17-22(18(21)13-28)24(32)26(23(17)31)25(33)34-2/h4-7,10,17-18,20,22,27-30H,3,8-9,11-13H2,1-2H3/b14-10+/t17-,18+,20-,22-/m1/s1. The number of nitrogens with zero attached hydrogens (tertiary/aromatic N) is 1. The topological polar surface area (TPSA) is 145 Å². The van der Waals surface area contributed by atoms with Crippen LogP contribution in [0.5, 0.6) is 5.75 Å². The Hall–Kier alpha value is -3.01. The summed E-state index contributed by atoms with van der Waals surface area (Å²) in [6.45, 7) is 0.988. The number of phenols is 1. The molecule has 0 saturated carbocycles. The Morgan fingerprint density at radius 3 is 2.53 bits per heavy atom. The second kappa shape index (κ2) is 10.9. The van der Waals surface area contributed by atoms with Crippen LogP contribution in [0.4, 0.5) is 4.79 Å². The van der Waals surface area contributed by atoms with Crippen LogP contribution < -0.4 is 0 Å². The number of carbonyl (C=O) groups excluding carboxylic acids is 3. The van der Waals surface area contributed by atoms with Gasteiger partial charge in [0.25, 0.3) is 0 Å². The van der Waals surface area contributed by atoms with Crippen molar-refractivity contribution in [2.75, 3.05) is 20.3 Å². The van der Waals surface area contributed by atoms with Gasteiger partial charge in [0, 0.05) is 11.5 Å². The maximum Gasteiger partial charge on any atom is 0.423 e. The van der Waals surface area contributed by atoms with Crippen LogP contribution >= 0.6 is 0 Å². The number of para-hydroxylation sites is 1. The molecule has 1 fully saturated rings. The van der Waals surface area contributed by atoms with E-state index in [-0.39, 0.29) is 18.6 Å². The summed E-state index contributed by atoms with van der Waals surface area (Å²) >= 11 is 0. The average molecular weight is 474 g/mol. The molecule has 0 radical (unpaired) electrons. The third-order valence-electron chi connectivity index (χ3n) is 6.78. The normalized spacial score (nSPS) is 23.9. The first-order chi connectivity index (χ1) is 16.3. The Morgan fingerprint density at radius 1 is 1.24 bits per heavy atom. The van der Waals surface area contributed by atoms with E-state index in [2.05, 4.69) is 4.74 Å². The summed E-state index contributed by atoms with van der Waals surface area (Å²) < 4.78 is 4.56. The van der Waals surface area contributed by atoms with Crippen LogP contribution in [-0.2, 0) is 14.3 Å².